The summed E-state index contributed by atoms with van der Waals surface area (Å²) in [5.74, 6) is 0.842. The predicted octanol–water partition coefficient (Wildman–Crippen LogP) is 8.01. The fourth-order valence-corrected chi connectivity index (χ4v) is 4.91. The van der Waals surface area contributed by atoms with Gasteiger partial charge in [-0.05, 0) is 48.5 Å². The second kappa shape index (κ2) is 9.12. The van der Waals surface area contributed by atoms with E-state index in [1.165, 1.54) is 0 Å². The van der Waals surface area contributed by atoms with E-state index in [1.54, 1.807) is 29.8 Å². The van der Waals surface area contributed by atoms with Gasteiger partial charge in [-0.15, -0.1) is 22.7 Å². The highest BCUT2D eigenvalue weighted by molar-refractivity contribution is 7.14. The number of methoxy groups -OCH3 is 1. The first-order valence-electron chi connectivity index (χ1n) is 9.87. The molecular weight excluding hydrogens is 458 g/mol. The van der Waals surface area contributed by atoms with E-state index in [2.05, 4.69) is 27.8 Å². The van der Waals surface area contributed by atoms with Crippen LogP contribution < -0.4 is 10.1 Å². The van der Waals surface area contributed by atoms with E-state index in [1.807, 2.05) is 66.0 Å². The molecule has 0 unspecified atom stereocenters. The average molecular weight is 476 g/mol. The molecule has 5 rings (SSSR count). The van der Waals surface area contributed by atoms with Gasteiger partial charge in [0.2, 0.25) is 0 Å². The first-order chi connectivity index (χ1) is 15.7. The van der Waals surface area contributed by atoms with Gasteiger partial charge >= 0.3 is 0 Å². The van der Waals surface area contributed by atoms with Gasteiger partial charge in [0.05, 0.1) is 18.5 Å². The first-order valence-corrected chi connectivity index (χ1v) is 12.0. The van der Waals surface area contributed by atoms with Crippen molar-refractivity contribution >= 4 is 45.1 Å². The second-order valence-corrected chi connectivity index (χ2v) is 9.17. The number of nitrogens with zero attached hydrogens (tertiary/aromatic N) is 2. The van der Waals surface area contributed by atoms with E-state index in [9.17, 15) is 0 Å². The summed E-state index contributed by atoms with van der Waals surface area (Å²) in [4.78, 5) is 9.48. The quantitative estimate of drug-likeness (QED) is 0.270. The second-order valence-electron chi connectivity index (χ2n) is 7.01. The molecule has 0 saturated carbocycles. The summed E-state index contributed by atoms with van der Waals surface area (Å²) in [6.45, 7) is 0. The molecule has 3 aromatic carbocycles. The minimum Gasteiger partial charge on any atom is -0.497 e. The molecule has 0 radical (unpaired) electrons. The minimum atomic E-state index is 0.721. The van der Waals surface area contributed by atoms with Crippen LogP contribution in [0.5, 0.6) is 5.75 Å². The molecule has 7 heteroatoms. The molecule has 0 bridgehead atoms. The Labute approximate surface area is 199 Å². The topological polar surface area (TPSA) is 47.0 Å². The van der Waals surface area contributed by atoms with Crippen LogP contribution in [-0.4, -0.2) is 17.1 Å². The number of rotatable bonds is 6. The normalized spacial score (nSPS) is 10.8. The van der Waals surface area contributed by atoms with Gasteiger partial charge in [-0.2, -0.15) is 0 Å². The summed E-state index contributed by atoms with van der Waals surface area (Å²) in [6, 6.07) is 23.9. The maximum atomic E-state index is 5.97. The molecule has 0 fully saturated rings. The molecular formula is C25H18ClN3OS2. The molecule has 0 amide bonds. The molecule has 0 aliphatic heterocycles. The van der Waals surface area contributed by atoms with E-state index in [0.717, 1.165) is 54.7 Å². The van der Waals surface area contributed by atoms with Crippen LogP contribution in [0.15, 0.2) is 83.6 Å². The summed E-state index contributed by atoms with van der Waals surface area (Å²) in [6.07, 6.45) is 0. The zero-order valence-corrected chi connectivity index (χ0v) is 19.5. The van der Waals surface area contributed by atoms with Crippen molar-refractivity contribution < 1.29 is 4.74 Å². The first kappa shape index (κ1) is 20.7. The number of hydrogen-bond donors (Lipinski definition) is 1. The minimum absolute atomic E-state index is 0.721. The highest BCUT2D eigenvalue weighted by atomic mass is 35.5. The van der Waals surface area contributed by atoms with Gasteiger partial charge < -0.3 is 10.1 Å². The van der Waals surface area contributed by atoms with Crippen LogP contribution in [-0.2, 0) is 0 Å². The van der Waals surface area contributed by atoms with Crippen molar-refractivity contribution in [3.05, 3.63) is 88.6 Å². The Hall–Kier alpha value is -3.19. The van der Waals surface area contributed by atoms with Gasteiger partial charge in [0.1, 0.15) is 10.8 Å². The number of nitrogens with one attached hydrogen (secondary N) is 1. The number of aromatic nitrogens is 2. The number of benzene rings is 3. The lowest BCUT2D eigenvalue weighted by atomic mass is 10.1. The molecule has 0 atom stereocenters. The lowest BCUT2D eigenvalue weighted by Gasteiger charge is -2.04. The Bertz CT molecular complexity index is 1330. The van der Waals surface area contributed by atoms with Gasteiger partial charge in [0.25, 0.3) is 0 Å². The summed E-state index contributed by atoms with van der Waals surface area (Å²) in [5, 5.41) is 10.1. The van der Waals surface area contributed by atoms with Crippen molar-refractivity contribution in [2.24, 2.45) is 0 Å². The summed E-state index contributed by atoms with van der Waals surface area (Å²) in [5.41, 5.74) is 6.08. The predicted molar refractivity (Wildman–Crippen MR) is 135 cm³/mol. The van der Waals surface area contributed by atoms with Crippen molar-refractivity contribution in [3.8, 4) is 38.8 Å². The molecule has 32 heavy (non-hydrogen) atoms. The van der Waals surface area contributed by atoms with Crippen molar-refractivity contribution in [2.45, 2.75) is 0 Å². The molecule has 2 heterocycles. The van der Waals surface area contributed by atoms with E-state index < -0.39 is 0 Å². The third-order valence-electron chi connectivity index (χ3n) is 4.92. The van der Waals surface area contributed by atoms with Crippen molar-refractivity contribution in [1.29, 1.82) is 0 Å². The third-order valence-corrected chi connectivity index (χ3v) is 6.82. The molecule has 4 nitrogen and oxygen atoms in total. The summed E-state index contributed by atoms with van der Waals surface area (Å²) >= 11 is 9.18. The highest BCUT2D eigenvalue weighted by Gasteiger charge is 2.09. The van der Waals surface area contributed by atoms with Crippen LogP contribution in [0.4, 0.5) is 10.8 Å². The zero-order chi connectivity index (χ0) is 21.9. The monoisotopic (exact) mass is 475 g/mol. The summed E-state index contributed by atoms with van der Waals surface area (Å²) in [7, 11) is 1.67. The Balaban J connectivity index is 1.28. The van der Waals surface area contributed by atoms with Crippen LogP contribution in [0, 0.1) is 0 Å². The Kier molecular flexibility index (Phi) is 5.90. The maximum Gasteiger partial charge on any atom is 0.187 e. The van der Waals surface area contributed by atoms with Crippen LogP contribution in [0.2, 0.25) is 5.02 Å². The Morgan fingerprint density at radius 2 is 1.31 bits per heavy atom. The smallest absolute Gasteiger partial charge is 0.187 e. The molecule has 0 spiro atoms. The van der Waals surface area contributed by atoms with Crippen molar-refractivity contribution in [2.75, 3.05) is 12.4 Å². The molecule has 0 aliphatic carbocycles. The Morgan fingerprint density at radius 1 is 0.719 bits per heavy atom. The Morgan fingerprint density at radius 3 is 2.00 bits per heavy atom. The SMILES string of the molecule is COc1ccc(-c2nc(-c3ccc(Nc4nc(-c5ccc(Cl)cc5)cs4)cc3)cs2)cc1. The molecule has 158 valence electrons. The van der Waals surface area contributed by atoms with Gasteiger partial charge in [0, 0.05) is 38.2 Å². The lowest BCUT2D eigenvalue weighted by Crippen LogP contribution is -1.90. The number of hydrogen-bond acceptors (Lipinski definition) is 6. The molecule has 1 N–H and O–H groups in total. The van der Waals surface area contributed by atoms with E-state index in [4.69, 9.17) is 21.3 Å². The average Bonchev–Trinajstić information content (AvgIpc) is 3.51. The van der Waals surface area contributed by atoms with Gasteiger partial charge in [0.15, 0.2) is 5.13 Å². The number of thiazole rings is 2. The molecule has 2 aromatic heterocycles. The molecule has 0 saturated heterocycles. The molecule has 0 aliphatic rings. The third kappa shape index (κ3) is 4.53. The van der Waals surface area contributed by atoms with Gasteiger partial charge in [-0.1, -0.05) is 35.9 Å². The van der Waals surface area contributed by atoms with Crippen LogP contribution in [0.25, 0.3) is 33.1 Å². The standard InChI is InChI=1S/C25H18ClN3OS2/c1-30-21-12-6-18(7-13-21)24-28-22(14-31-24)17-4-10-20(11-5-17)27-25-29-23(15-32-25)16-2-8-19(26)9-3-16/h2-15H,1H3,(H,27,29). The van der Waals surface area contributed by atoms with E-state index in [-0.39, 0.29) is 0 Å². The fraction of sp³-hybridized carbons (Fsp3) is 0.0400. The number of ether oxygens (including phenoxy) is 1. The van der Waals surface area contributed by atoms with Gasteiger partial charge in [-0.3, -0.25) is 0 Å². The molecule has 5 aromatic rings. The van der Waals surface area contributed by atoms with Crippen LogP contribution in [0.1, 0.15) is 0 Å². The maximum absolute atomic E-state index is 5.97. The zero-order valence-electron chi connectivity index (χ0n) is 17.1. The summed E-state index contributed by atoms with van der Waals surface area (Å²) < 4.78 is 5.23. The van der Waals surface area contributed by atoms with Gasteiger partial charge in [-0.25, -0.2) is 9.97 Å². The van der Waals surface area contributed by atoms with Crippen molar-refractivity contribution in [3.63, 3.8) is 0 Å². The number of anilines is 2. The van der Waals surface area contributed by atoms with Crippen molar-refractivity contribution in [1.82, 2.24) is 9.97 Å². The largest absolute Gasteiger partial charge is 0.497 e. The lowest BCUT2D eigenvalue weighted by molar-refractivity contribution is 0.415. The highest BCUT2D eigenvalue weighted by Crippen LogP contribution is 2.32. The van der Waals surface area contributed by atoms with E-state index in [0.29, 0.717) is 0 Å². The van der Waals surface area contributed by atoms with E-state index >= 15 is 0 Å². The number of halogens is 1. The fourth-order valence-electron chi connectivity index (χ4n) is 3.20. The van der Waals surface area contributed by atoms with Crippen LogP contribution in [0.3, 0.4) is 0 Å². The van der Waals surface area contributed by atoms with Crippen LogP contribution >= 0.6 is 34.3 Å².